The molecule has 5 fully saturated rings. The van der Waals surface area contributed by atoms with Crippen molar-refractivity contribution in [3.63, 3.8) is 0 Å². The van der Waals surface area contributed by atoms with Gasteiger partial charge in [-0.2, -0.15) is 0 Å². The third-order valence-corrected chi connectivity index (χ3v) is 18.5. The van der Waals surface area contributed by atoms with Gasteiger partial charge in [0.1, 0.15) is 0 Å². The number of hydrogen-bond donors (Lipinski definition) is 0. The predicted octanol–water partition coefficient (Wildman–Crippen LogP) is 25.4. The number of unbranched alkanes of at least 4 members (excludes halogenated alkanes) is 5. The zero-order valence-corrected chi connectivity index (χ0v) is 53.1. The quantitative estimate of drug-likeness (QED) is 0.113. The van der Waals surface area contributed by atoms with Gasteiger partial charge in [-0.1, -0.05) is 300 Å². The maximum absolute atomic E-state index is 2.46. The van der Waals surface area contributed by atoms with Gasteiger partial charge in [-0.3, -0.25) is 0 Å². The van der Waals surface area contributed by atoms with Gasteiger partial charge in [0.15, 0.2) is 0 Å². The molecule has 0 aromatic carbocycles. The lowest BCUT2D eigenvalue weighted by Gasteiger charge is -2.45. The van der Waals surface area contributed by atoms with Gasteiger partial charge in [0.05, 0.1) is 0 Å². The molecule has 0 N–H and O–H groups in total. The van der Waals surface area contributed by atoms with Crippen molar-refractivity contribution < 1.29 is 0 Å². The smallest absolute Gasteiger partial charge is 0.0321 e. The molecule has 0 radical (unpaired) electrons. The van der Waals surface area contributed by atoms with Crippen LogP contribution in [-0.2, 0) is 0 Å². The van der Waals surface area contributed by atoms with Crippen LogP contribution in [0.25, 0.3) is 0 Å². The predicted molar refractivity (Wildman–Crippen MR) is 322 cm³/mol. The molecule has 2 bridgehead atoms. The molecule has 0 aliphatic heterocycles. The third-order valence-electron chi connectivity index (χ3n) is 18.5. The molecule has 0 aromatic rings. The normalized spacial score (nSPS) is 29.0. The first-order valence-corrected chi connectivity index (χ1v) is 32.4. The Bertz CT molecular complexity index is 1070. The summed E-state index contributed by atoms with van der Waals surface area (Å²) in [7, 11) is 0. The summed E-state index contributed by atoms with van der Waals surface area (Å²) in [5.41, 5.74) is 2.35. The molecule has 5 saturated carbocycles. The van der Waals surface area contributed by atoms with Gasteiger partial charge in [-0.15, -0.1) is 0 Å². The molecule has 69 heavy (non-hydrogen) atoms. The van der Waals surface area contributed by atoms with E-state index in [9.17, 15) is 0 Å². The fourth-order valence-corrected chi connectivity index (χ4v) is 14.3. The number of fused-ring (bicyclic) bond motifs is 2. The summed E-state index contributed by atoms with van der Waals surface area (Å²) in [6.07, 6.45) is 47.6. The fraction of sp³-hybridized carbons (Fsp3) is 1.00. The molecular formula is C69H142. The van der Waals surface area contributed by atoms with E-state index in [-0.39, 0.29) is 0 Å². The van der Waals surface area contributed by atoms with Crippen LogP contribution >= 0.6 is 0 Å². The van der Waals surface area contributed by atoms with E-state index in [2.05, 4.69) is 152 Å². The maximum atomic E-state index is 2.46. The average molecular weight is 972 g/mol. The Morgan fingerprint density at radius 3 is 1.35 bits per heavy atom. The molecule has 0 heteroatoms. The highest BCUT2D eigenvalue weighted by molar-refractivity contribution is 4.90. The Hall–Kier alpha value is 0. The molecule has 0 spiro atoms. The number of hydrogen-bond acceptors (Lipinski definition) is 0. The van der Waals surface area contributed by atoms with E-state index in [0.29, 0.717) is 21.7 Å². The topological polar surface area (TPSA) is 0 Å². The standard InChI is InChI=1S/C15H28.C12H24.2C11H24.C9H16.C8H18.C3H8/c1-12-3-7-14(8-4-12)11-15-9-5-13(2)6-10-15;1-6-12(5)8-10(2)7-11(3,4)9-12;1-6-8-10(3)9-11(4,5)7-2;1-6-8-11(4,5)9-10(3)7-2;1-2-8-5-7-3-4-9(8)6-7;1-3-5-7-8-6-4-2;1-3-2/h12-15H,3-11H2,1-2H3;10H,6-9H2,1-5H3;2*10H,6-9H2,1-5H3;7-9H,2-6H2,1H3;3-8H2,1-2H3;3H2,1-2H3. The molecular weight excluding hydrogens is 829 g/mol. The largest absolute Gasteiger partial charge is 0.0656 e. The van der Waals surface area contributed by atoms with Gasteiger partial charge < -0.3 is 0 Å². The summed E-state index contributed by atoms with van der Waals surface area (Å²) in [6.45, 7) is 51.4. The first-order chi connectivity index (χ1) is 32.4. The zero-order chi connectivity index (χ0) is 53.1. The van der Waals surface area contributed by atoms with Crippen molar-refractivity contribution in [1.82, 2.24) is 0 Å². The van der Waals surface area contributed by atoms with E-state index in [1.54, 1.807) is 32.1 Å². The molecule has 5 aliphatic carbocycles. The molecule has 7 atom stereocenters. The summed E-state index contributed by atoms with van der Waals surface area (Å²) in [5, 5.41) is 0. The fourth-order valence-electron chi connectivity index (χ4n) is 14.3. The van der Waals surface area contributed by atoms with Crippen LogP contribution in [-0.4, -0.2) is 0 Å². The average Bonchev–Trinajstić information content (AvgIpc) is 3.92. The van der Waals surface area contributed by atoms with Crippen LogP contribution in [0.5, 0.6) is 0 Å². The van der Waals surface area contributed by atoms with E-state index in [0.717, 1.165) is 59.2 Å². The van der Waals surface area contributed by atoms with E-state index in [1.807, 2.05) is 0 Å². The summed E-state index contributed by atoms with van der Waals surface area (Å²) in [6, 6.07) is 0. The van der Waals surface area contributed by atoms with Crippen molar-refractivity contribution in [1.29, 1.82) is 0 Å². The van der Waals surface area contributed by atoms with Crippen molar-refractivity contribution in [3.05, 3.63) is 0 Å². The Balaban J connectivity index is 0. The Morgan fingerprint density at radius 2 is 1.01 bits per heavy atom. The van der Waals surface area contributed by atoms with Gasteiger partial charge >= 0.3 is 0 Å². The number of rotatable bonds is 19. The second-order valence-corrected chi connectivity index (χ2v) is 28.7. The van der Waals surface area contributed by atoms with Crippen molar-refractivity contribution in [2.45, 2.75) is 364 Å². The lowest BCUT2D eigenvalue weighted by molar-refractivity contribution is 0.0581. The molecule has 5 aliphatic rings. The van der Waals surface area contributed by atoms with Crippen molar-refractivity contribution >= 4 is 0 Å². The van der Waals surface area contributed by atoms with Gasteiger partial charge in [-0.25, -0.2) is 0 Å². The maximum Gasteiger partial charge on any atom is -0.0321 e. The van der Waals surface area contributed by atoms with Crippen LogP contribution in [0, 0.1) is 80.8 Å². The van der Waals surface area contributed by atoms with Crippen LogP contribution in [0.15, 0.2) is 0 Å². The van der Waals surface area contributed by atoms with Crippen LogP contribution in [0.1, 0.15) is 364 Å². The Morgan fingerprint density at radius 1 is 0.522 bits per heavy atom. The van der Waals surface area contributed by atoms with Gasteiger partial charge in [0, 0.05) is 0 Å². The molecule has 5 rings (SSSR count). The zero-order valence-electron chi connectivity index (χ0n) is 53.1. The molecule has 7 unspecified atom stereocenters. The second-order valence-electron chi connectivity index (χ2n) is 28.7. The van der Waals surface area contributed by atoms with Gasteiger partial charge in [-0.05, 0) is 145 Å². The first kappa shape index (κ1) is 71.1. The van der Waals surface area contributed by atoms with E-state index < -0.39 is 0 Å². The Kier molecular flexibility index (Phi) is 41.5. The molecule has 418 valence electrons. The van der Waals surface area contributed by atoms with Crippen LogP contribution in [0.2, 0.25) is 0 Å². The molecule has 0 amide bonds. The van der Waals surface area contributed by atoms with Crippen LogP contribution < -0.4 is 0 Å². The summed E-state index contributed by atoms with van der Waals surface area (Å²) in [5.74, 6) is 10.4. The van der Waals surface area contributed by atoms with E-state index >= 15 is 0 Å². The van der Waals surface area contributed by atoms with Crippen molar-refractivity contribution in [3.8, 4) is 0 Å². The van der Waals surface area contributed by atoms with E-state index in [4.69, 9.17) is 0 Å². The molecule has 0 aromatic heterocycles. The van der Waals surface area contributed by atoms with Crippen LogP contribution in [0.4, 0.5) is 0 Å². The Labute approximate surface area is 443 Å². The summed E-state index contributed by atoms with van der Waals surface area (Å²) < 4.78 is 0. The lowest BCUT2D eigenvalue weighted by Crippen LogP contribution is -2.34. The minimum absolute atomic E-state index is 0.564. The molecule has 0 heterocycles. The highest BCUT2D eigenvalue weighted by Crippen LogP contribution is 2.50. The van der Waals surface area contributed by atoms with Crippen molar-refractivity contribution in [2.24, 2.45) is 80.8 Å². The monoisotopic (exact) mass is 971 g/mol. The van der Waals surface area contributed by atoms with Gasteiger partial charge in [0.2, 0.25) is 0 Å². The van der Waals surface area contributed by atoms with E-state index in [1.165, 1.54) is 180 Å². The highest BCUT2D eigenvalue weighted by Gasteiger charge is 2.39. The van der Waals surface area contributed by atoms with Gasteiger partial charge in [0.25, 0.3) is 0 Å². The first-order valence-electron chi connectivity index (χ1n) is 32.4. The lowest BCUT2D eigenvalue weighted by atomic mass is 9.60. The van der Waals surface area contributed by atoms with Crippen molar-refractivity contribution in [2.75, 3.05) is 0 Å². The minimum atomic E-state index is 0.564. The second kappa shape index (κ2) is 40.3. The summed E-state index contributed by atoms with van der Waals surface area (Å²) >= 11 is 0. The molecule has 0 saturated heterocycles. The highest BCUT2D eigenvalue weighted by atomic mass is 14.4. The molecule has 0 nitrogen and oxygen atoms in total. The SMILES string of the molecule is CC1CCC(CC2CCC(C)CC2)CC1.CCC.CCC1(C)CC(C)CC(C)(C)C1.CCC1CC2CCC1C2.CCCC(C)(C)CC(C)CC.CCCC(C)CC(C)(C)CC.CCCCCCCC. The third kappa shape index (κ3) is 37.4. The minimum Gasteiger partial charge on any atom is -0.0656 e. The summed E-state index contributed by atoms with van der Waals surface area (Å²) in [4.78, 5) is 0. The van der Waals surface area contributed by atoms with Crippen LogP contribution in [0.3, 0.4) is 0 Å².